The summed E-state index contributed by atoms with van der Waals surface area (Å²) in [6, 6.07) is 3.75. The van der Waals surface area contributed by atoms with Crippen molar-refractivity contribution in [3.05, 3.63) is 366 Å². The van der Waals surface area contributed by atoms with E-state index < -0.39 is 349 Å². The number of fused-ring (bicyclic) bond motifs is 12. The van der Waals surface area contributed by atoms with Crippen molar-refractivity contribution in [3.63, 3.8) is 0 Å². The average Bonchev–Trinajstić information content (AvgIpc) is 1.55. The molecular formula is C76H18Br4F30N8. The molecular weight excluding hydrogens is 1910 g/mol. The second-order valence-corrected chi connectivity index (χ2v) is 28.3. The summed E-state index contributed by atoms with van der Waals surface area (Å²) < 4.78 is 474. The molecule has 0 radical (unpaired) electrons. The highest BCUT2D eigenvalue weighted by molar-refractivity contribution is 9.12. The van der Waals surface area contributed by atoms with Crippen molar-refractivity contribution in [1.82, 2.24) is 19.9 Å². The van der Waals surface area contributed by atoms with Crippen LogP contribution < -0.4 is 21.4 Å². The second-order valence-electron chi connectivity index (χ2n) is 24.8. The lowest BCUT2D eigenvalue weighted by Crippen LogP contribution is -2.24. The van der Waals surface area contributed by atoms with Gasteiger partial charge < -0.3 is 19.9 Å². The quantitative estimate of drug-likeness (QED) is 0.0722. The lowest BCUT2D eigenvalue weighted by Gasteiger charge is -2.13. The Morgan fingerprint density at radius 2 is 0.415 bits per heavy atom. The van der Waals surface area contributed by atoms with Gasteiger partial charge in [-0.1, -0.05) is 0 Å². The number of nitrogens with one attached hydrogen (secondary N) is 4. The Labute approximate surface area is 665 Å². The Morgan fingerprint density at radius 3 is 0.644 bits per heavy atom. The summed E-state index contributed by atoms with van der Waals surface area (Å²) in [5.74, 6) is -82.2. The normalized spacial score (nSPS) is 15.1. The summed E-state index contributed by atoms with van der Waals surface area (Å²) in [7, 11) is 0. The summed E-state index contributed by atoms with van der Waals surface area (Å²) in [4.78, 5) is 26.1. The summed E-state index contributed by atoms with van der Waals surface area (Å²) in [6.07, 6.45) is 5.18. The zero-order valence-corrected chi connectivity index (χ0v) is 62.1. The van der Waals surface area contributed by atoms with Crippen LogP contribution in [0, 0.1) is 175 Å². The van der Waals surface area contributed by atoms with Crippen LogP contribution in [0.5, 0.6) is 0 Å². The fourth-order valence-electron chi connectivity index (χ4n) is 12.9. The predicted molar refractivity (Wildman–Crippen MR) is 375 cm³/mol. The highest BCUT2D eigenvalue weighted by atomic mass is 79.9. The number of nitrogens with zero attached hydrogens (tertiary/aromatic N) is 4. The molecule has 4 N–H and O–H groups in total. The van der Waals surface area contributed by atoms with E-state index in [1.807, 2.05) is 0 Å². The van der Waals surface area contributed by atoms with Crippen LogP contribution in [0.2, 0.25) is 0 Å². The Balaban J connectivity index is 1.11. The topological polar surface area (TPSA) is 113 Å². The number of halogens is 34. The molecule has 0 saturated carbocycles. The first-order valence-corrected chi connectivity index (χ1v) is 35.0. The van der Waals surface area contributed by atoms with Gasteiger partial charge in [0.15, 0.2) is 140 Å². The van der Waals surface area contributed by atoms with Crippen molar-refractivity contribution >= 4 is 132 Å². The minimum absolute atomic E-state index is 0.431. The number of rotatable bonds is 6. The maximum absolute atomic E-state index is 16.6. The van der Waals surface area contributed by atoms with Gasteiger partial charge in [-0.05, 0) is 149 Å². The van der Waals surface area contributed by atoms with Gasteiger partial charge in [0.1, 0.15) is 0 Å². The maximum Gasteiger partial charge on any atom is 0.200 e. The molecule has 118 heavy (non-hydrogen) atoms. The molecule has 0 fully saturated rings. The number of hydrogen-bond donors (Lipinski definition) is 4. The molecule has 0 saturated heterocycles. The highest BCUT2D eigenvalue weighted by Gasteiger charge is 2.40. The monoisotopic (exact) mass is 1930 g/mol. The van der Waals surface area contributed by atoms with E-state index in [0.29, 0.717) is 48.6 Å². The molecule has 0 amide bonds. The van der Waals surface area contributed by atoms with E-state index in [1.54, 1.807) is 0 Å². The standard InChI is InChI=1S/C76H18Br4F30N8/c77-15-9-31-37(43-51(85)63(97)73(107)64(98)52(43)86)23-5-1-19(111-23)35(41-47(81)59(93)71(105)60(94)48(41)82)20-2-6-24(112-20)38(44-53(87)65(99)74(108)66(100)54(44)88)32-10-16(78)29(116-32)14-30-18(80)12-34(118-30)40(46-57(91)69(103)76(110)70(104)58(46)92)26-8-4-22(114-26)36(42-49(83)61(95)72(106)62(96)50(42)84)21-3-7-25(113-21)39(33-11-17(79)28(117-33)13-27(15)115-31)45-55(89)67(101)75(109)68(102)56(45)90/h1-14,111,114,116-117H. The molecule has 9 heterocycles. The van der Waals surface area contributed by atoms with Gasteiger partial charge in [-0.15, -0.1) is 0 Å². The molecule has 15 rings (SSSR count). The number of allylic oxidation sites excluding steroid dienone is 8. The molecule has 16 bridgehead atoms. The minimum atomic E-state index is -2.84. The van der Waals surface area contributed by atoms with Crippen LogP contribution in [0.4, 0.5) is 132 Å². The first kappa shape index (κ1) is 81.5. The molecule has 0 spiro atoms. The molecule has 5 aliphatic rings. The maximum atomic E-state index is 16.6. The Kier molecular flexibility index (Phi) is 20.5. The number of hydrogen-bond acceptors (Lipinski definition) is 4. The van der Waals surface area contributed by atoms with E-state index in [4.69, 9.17) is 0 Å². The third-order valence-corrected chi connectivity index (χ3v) is 20.8. The smallest absolute Gasteiger partial charge is 0.200 e. The van der Waals surface area contributed by atoms with Gasteiger partial charge in [0.25, 0.3) is 0 Å². The van der Waals surface area contributed by atoms with E-state index in [1.165, 1.54) is 0 Å². The molecule has 0 aliphatic carbocycles. The SMILES string of the molecule is Fc1c(F)c(F)c(C2=C3C=CC(=N3)C(c3c(F)c(F)c(F)c(F)c3F)=c3ccc([nH]3)=C(c3c(F)c(F)c(F)c(F)c3F)C3=NC(=Cc4[nH]c(cc4Br)C(c4c(F)c(F)c(F)c(F)c4F)=C4C=CC(=N4)C(c4c(F)c(F)c(F)c(F)c4F)=c4ccc([nH]4)=C(c4c(F)c(F)c(F)c(F)c4F)C4=NC(=Cc5[nH]c2cc5Br)C(Br)=C4)C(Br)=C3)c(F)c1F. The van der Waals surface area contributed by atoms with Crippen LogP contribution >= 0.6 is 63.7 Å². The Morgan fingerprint density at radius 1 is 0.212 bits per heavy atom. The minimum Gasteiger partial charge on any atom is -0.354 e. The van der Waals surface area contributed by atoms with Crippen molar-refractivity contribution in [2.45, 2.75) is 0 Å². The summed E-state index contributed by atoms with van der Waals surface area (Å²) in [5, 5.41) is -4.29. The van der Waals surface area contributed by atoms with Gasteiger partial charge in [0.05, 0.1) is 90.4 Å². The van der Waals surface area contributed by atoms with Crippen LogP contribution in [0.3, 0.4) is 0 Å². The van der Waals surface area contributed by atoms with Crippen molar-refractivity contribution in [2.24, 2.45) is 20.0 Å². The number of aliphatic imine (C=N–C) groups is 4. The molecule has 8 nitrogen and oxygen atoms in total. The largest absolute Gasteiger partial charge is 0.354 e. The van der Waals surface area contributed by atoms with Crippen LogP contribution in [0.15, 0.2) is 134 Å². The molecule has 4 aromatic heterocycles. The zero-order valence-electron chi connectivity index (χ0n) is 55.7. The summed E-state index contributed by atoms with van der Waals surface area (Å²) in [6.45, 7) is 0. The van der Waals surface area contributed by atoms with Gasteiger partial charge in [-0.2, -0.15) is 0 Å². The first-order valence-electron chi connectivity index (χ1n) is 31.8. The molecule has 600 valence electrons. The van der Waals surface area contributed by atoms with Gasteiger partial charge in [-0.25, -0.2) is 152 Å². The van der Waals surface area contributed by atoms with Gasteiger partial charge >= 0.3 is 0 Å². The molecule has 42 heteroatoms. The lowest BCUT2D eigenvalue weighted by molar-refractivity contribution is 0.376. The molecule has 0 atom stereocenters. The molecule has 6 aromatic carbocycles. The average molecular weight is 1930 g/mol. The van der Waals surface area contributed by atoms with Gasteiger partial charge in [-0.3, -0.25) is 0 Å². The van der Waals surface area contributed by atoms with E-state index in [-0.39, 0.29) is 0 Å². The molecule has 5 aliphatic heterocycles. The third kappa shape index (κ3) is 12.7. The van der Waals surface area contributed by atoms with E-state index >= 15 is 105 Å². The van der Waals surface area contributed by atoms with Gasteiger partial charge in [0, 0.05) is 84.1 Å². The van der Waals surface area contributed by atoms with Gasteiger partial charge in [0.2, 0.25) is 34.9 Å². The van der Waals surface area contributed by atoms with Crippen LogP contribution in [-0.2, 0) is 0 Å². The van der Waals surface area contributed by atoms with Crippen LogP contribution in [0.1, 0.15) is 56.2 Å². The van der Waals surface area contributed by atoms with E-state index in [2.05, 4.69) is 104 Å². The summed E-state index contributed by atoms with van der Waals surface area (Å²) >= 11 is 12.3. The van der Waals surface area contributed by atoms with E-state index in [0.717, 1.165) is 36.4 Å². The van der Waals surface area contributed by atoms with Crippen molar-refractivity contribution in [1.29, 1.82) is 0 Å². The number of aromatic amines is 4. The van der Waals surface area contributed by atoms with E-state index in [9.17, 15) is 26.3 Å². The number of H-pyrrole nitrogens is 4. The number of aromatic nitrogens is 4. The molecule has 0 unspecified atom stereocenters. The predicted octanol–water partition coefficient (Wildman–Crippen LogP) is 20.3. The highest BCUT2D eigenvalue weighted by Crippen LogP contribution is 2.45. The molecule has 10 aromatic rings. The fraction of sp³-hybridized carbons (Fsp3) is 0. The van der Waals surface area contributed by atoms with Crippen molar-refractivity contribution < 1.29 is 132 Å². The van der Waals surface area contributed by atoms with Crippen molar-refractivity contribution in [2.75, 3.05) is 0 Å². The zero-order chi connectivity index (χ0) is 85.4. The fourth-order valence-corrected chi connectivity index (χ4v) is 14.7. The van der Waals surface area contributed by atoms with Crippen LogP contribution in [0.25, 0.3) is 45.6 Å². The number of benzene rings is 6. The lowest BCUT2D eigenvalue weighted by atomic mass is 9.98. The third-order valence-electron chi connectivity index (χ3n) is 18.2. The summed E-state index contributed by atoms with van der Waals surface area (Å²) in [5.41, 5.74) is -30.9. The first-order chi connectivity index (χ1) is 55.7. The van der Waals surface area contributed by atoms with Crippen LogP contribution in [-0.4, -0.2) is 42.8 Å². The Hall–Kier alpha value is -11.7. The van der Waals surface area contributed by atoms with Crippen molar-refractivity contribution in [3.8, 4) is 0 Å². The Bertz CT molecular complexity index is 6510. The second kappa shape index (κ2) is 29.7.